The fourth-order valence-corrected chi connectivity index (χ4v) is 6.60. The summed E-state index contributed by atoms with van der Waals surface area (Å²) in [7, 11) is 3.25. The van der Waals surface area contributed by atoms with Gasteiger partial charge in [0.15, 0.2) is 5.79 Å². The number of nitrogens with zero attached hydrogens (tertiary/aromatic N) is 1. The molecule has 0 N–H and O–H groups in total. The Morgan fingerprint density at radius 1 is 1.15 bits per heavy atom. The molecule has 4 atom stereocenters. The van der Waals surface area contributed by atoms with Gasteiger partial charge in [-0.2, -0.15) is 0 Å². The van der Waals surface area contributed by atoms with E-state index < -0.39 is 11.9 Å². The van der Waals surface area contributed by atoms with Crippen molar-refractivity contribution in [3.8, 4) is 5.75 Å². The second-order valence-electron chi connectivity index (χ2n) is 10.7. The molecule has 8 heteroatoms. The highest BCUT2D eigenvalue weighted by Gasteiger charge is 2.54. The first-order valence-electron chi connectivity index (χ1n) is 14.2. The van der Waals surface area contributed by atoms with Gasteiger partial charge >= 0.3 is 5.97 Å². The first kappa shape index (κ1) is 30.9. The van der Waals surface area contributed by atoms with Crippen LogP contribution in [-0.2, 0) is 32.0 Å². The number of ether oxygens (including phenoxy) is 4. The largest absolute Gasteiger partial charge is 0.497 e. The van der Waals surface area contributed by atoms with Crippen molar-refractivity contribution < 1.29 is 28.5 Å². The fourth-order valence-electron chi connectivity index (χ4n) is 5.51. The second kappa shape index (κ2) is 14.7. The van der Waals surface area contributed by atoms with Crippen LogP contribution in [0.4, 0.5) is 4.79 Å². The molecule has 2 heterocycles. The topological polar surface area (TPSA) is 74.3 Å². The lowest BCUT2D eigenvalue weighted by molar-refractivity contribution is -0.305. The highest BCUT2D eigenvalue weighted by molar-refractivity contribution is 8.13. The van der Waals surface area contributed by atoms with Gasteiger partial charge in [0.2, 0.25) is 0 Å². The van der Waals surface area contributed by atoms with Crippen molar-refractivity contribution in [1.82, 2.24) is 4.90 Å². The van der Waals surface area contributed by atoms with Gasteiger partial charge in [0.05, 0.1) is 19.3 Å². The average molecular weight is 580 g/mol. The third kappa shape index (κ3) is 8.24. The monoisotopic (exact) mass is 579 g/mol. The normalized spacial score (nSPS) is 24.8. The molecule has 2 aromatic rings. The van der Waals surface area contributed by atoms with Crippen molar-refractivity contribution in [2.24, 2.45) is 0 Å². The number of allylic oxidation sites excluding steroid dienone is 2. The van der Waals surface area contributed by atoms with E-state index in [0.29, 0.717) is 25.1 Å². The Bertz CT molecular complexity index is 1200. The highest BCUT2D eigenvalue weighted by Crippen LogP contribution is 2.42. The molecule has 0 bridgehead atoms. The Morgan fingerprint density at radius 2 is 1.90 bits per heavy atom. The molecule has 7 nitrogen and oxygen atoms in total. The minimum atomic E-state index is -1.11. The van der Waals surface area contributed by atoms with Gasteiger partial charge in [0.1, 0.15) is 11.9 Å². The maximum atomic E-state index is 13.1. The van der Waals surface area contributed by atoms with E-state index >= 15 is 0 Å². The number of thioether (sulfide) groups is 1. The minimum Gasteiger partial charge on any atom is -0.497 e. The van der Waals surface area contributed by atoms with Crippen LogP contribution in [0.1, 0.15) is 50.2 Å². The molecule has 4 rings (SSSR count). The number of hydrogen-bond acceptors (Lipinski definition) is 7. The molecule has 2 fully saturated rings. The van der Waals surface area contributed by atoms with Crippen molar-refractivity contribution in [1.29, 1.82) is 0 Å². The standard InChI is InChI=1S/C33H41NO6S/c1-5-6-10-24(2)19-31(35)39-29-20-28(18-13-25-11-8-7-9-12-25)40-33(21-29,38-4)30-23-41-32(36)34(30)22-26-14-16-27(37-3)17-15-26/h5,7-9,11-12,14-17,19,28-30H,1,6,10,13,18,20-23H2,2-4H3/t28-,29-,30+,33-/m1/s1. The predicted octanol–water partition coefficient (Wildman–Crippen LogP) is 6.71. The fraction of sp³-hybridized carbons (Fsp3) is 0.455. The molecule has 220 valence electrons. The Kier molecular flexibility index (Phi) is 11.1. The van der Waals surface area contributed by atoms with Crippen LogP contribution in [0.5, 0.6) is 5.75 Å². The molecule has 2 saturated heterocycles. The molecule has 2 aliphatic rings. The lowest BCUT2D eigenvalue weighted by atomic mass is 9.90. The Labute approximate surface area is 247 Å². The molecule has 0 saturated carbocycles. The Balaban J connectivity index is 1.56. The van der Waals surface area contributed by atoms with Crippen LogP contribution in [0.2, 0.25) is 0 Å². The molecule has 0 aromatic heterocycles. The molecule has 41 heavy (non-hydrogen) atoms. The molecule has 0 aliphatic carbocycles. The zero-order valence-electron chi connectivity index (χ0n) is 24.3. The Morgan fingerprint density at radius 3 is 2.59 bits per heavy atom. The number of carbonyl (C=O) groups is 2. The SMILES string of the molecule is C=CCCC(C)=CC(=O)O[C@@H]1C[C@@H](CCc2ccccc2)O[C@@](OC)([C@@H]2CSC(=O)N2Cc2ccc(OC)cc2)C1. The molecular formula is C33H41NO6S. The van der Waals surface area contributed by atoms with Crippen molar-refractivity contribution >= 4 is 23.0 Å². The summed E-state index contributed by atoms with van der Waals surface area (Å²) in [6.45, 7) is 6.10. The zero-order chi connectivity index (χ0) is 29.2. The molecule has 1 amide bonds. The summed E-state index contributed by atoms with van der Waals surface area (Å²) in [5.41, 5.74) is 3.15. The summed E-state index contributed by atoms with van der Waals surface area (Å²) in [6, 6.07) is 17.6. The van der Waals surface area contributed by atoms with Gasteiger partial charge in [-0.05, 0) is 55.9 Å². The van der Waals surface area contributed by atoms with Gasteiger partial charge in [0, 0.05) is 38.3 Å². The number of hydrogen-bond donors (Lipinski definition) is 0. The number of amides is 1. The number of carbonyl (C=O) groups excluding carboxylic acids is 2. The van der Waals surface area contributed by atoms with E-state index in [2.05, 4.69) is 18.7 Å². The van der Waals surface area contributed by atoms with E-state index in [-0.39, 0.29) is 23.4 Å². The molecule has 2 aromatic carbocycles. The van der Waals surface area contributed by atoms with E-state index in [1.165, 1.54) is 17.3 Å². The maximum absolute atomic E-state index is 13.1. The number of rotatable bonds is 13. The van der Waals surface area contributed by atoms with Crippen LogP contribution in [0.3, 0.4) is 0 Å². The molecule has 2 aliphatic heterocycles. The smallest absolute Gasteiger partial charge is 0.330 e. The van der Waals surface area contributed by atoms with Gasteiger partial charge in [-0.3, -0.25) is 4.79 Å². The lowest BCUT2D eigenvalue weighted by Crippen LogP contribution is -2.60. The number of esters is 1. The van der Waals surface area contributed by atoms with Crippen LogP contribution >= 0.6 is 11.8 Å². The summed E-state index contributed by atoms with van der Waals surface area (Å²) in [5, 5.41) is -0.0217. The summed E-state index contributed by atoms with van der Waals surface area (Å²) < 4.78 is 24.2. The first-order valence-corrected chi connectivity index (χ1v) is 15.2. The molecule has 0 radical (unpaired) electrons. The molecular weight excluding hydrogens is 538 g/mol. The average Bonchev–Trinajstić information content (AvgIpc) is 3.35. The van der Waals surface area contributed by atoms with E-state index in [0.717, 1.165) is 42.6 Å². The summed E-state index contributed by atoms with van der Waals surface area (Å²) >= 11 is 1.27. The third-order valence-corrected chi connectivity index (χ3v) is 8.70. The van der Waals surface area contributed by atoms with Crippen LogP contribution < -0.4 is 4.74 Å². The van der Waals surface area contributed by atoms with Crippen molar-refractivity contribution in [3.63, 3.8) is 0 Å². The summed E-state index contributed by atoms with van der Waals surface area (Å²) in [4.78, 5) is 27.9. The van der Waals surface area contributed by atoms with Crippen LogP contribution in [0, 0.1) is 0 Å². The number of aryl methyl sites for hydroxylation is 1. The maximum Gasteiger partial charge on any atom is 0.330 e. The van der Waals surface area contributed by atoms with Crippen molar-refractivity contribution in [2.75, 3.05) is 20.0 Å². The molecule has 0 unspecified atom stereocenters. The van der Waals surface area contributed by atoms with E-state index in [9.17, 15) is 9.59 Å². The van der Waals surface area contributed by atoms with Crippen molar-refractivity contribution in [3.05, 3.63) is 90.0 Å². The number of methoxy groups -OCH3 is 2. The van der Waals surface area contributed by atoms with Gasteiger partial charge in [0.25, 0.3) is 5.24 Å². The zero-order valence-corrected chi connectivity index (χ0v) is 25.1. The lowest BCUT2D eigenvalue weighted by Gasteiger charge is -2.48. The minimum absolute atomic E-state index is 0.0217. The van der Waals surface area contributed by atoms with Gasteiger partial charge < -0.3 is 23.8 Å². The van der Waals surface area contributed by atoms with E-state index in [4.69, 9.17) is 18.9 Å². The summed E-state index contributed by atoms with van der Waals surface area (Å²) in [5.74, 6) is -0.193. The Hall–Kier alpha value is -3.07. The van der Waals surface area contributed by atoms with Gasteiger partial charge in [-0.25, -0.2) is 4.79 Å². The molecule has 0 spiro atoms. The first-order chi connectivity index (χ1) is 19.9. The van der Waals surface area contributed by atoms with Gasteiger partial charge in [-0.1, -0.05) is 65.9 Å². The second-order valence-corrected chi connectivity index (χ2v) is 11.6. The van der Waals surface area contributed by atoms with Crippen molar-refractivity contribution in [2.45, 2.75) is 76.0 Å². The van der Waals surface area contributed by atoms with Crippen LogP contribution in [0.15, 0.2) is 78.9 Å². The quantitative estimate of drug-likeness (QED) is 0.148. The van der Waals surface area contributed by atoms with Crippen LogP contribution in [-0.4, -0.2) is 60.1 Å². The predicted molar refractivity (Wildman–Crippen MR) is 162 cm³/mol. The van der Waals surface area contributed by atoms with E-state index in [1.807, 2.05) is 60.4 Å². The highest BCUT2D eigenvalue weighted by atomic mass is 32.2. The number of benzene rings is 2. The third-order valence-electron chi connectivity index (χ3n) is 7.73. The van der Waals surface area contributed by atoms with Gasteiger partial charge in [-0.15, -0.1) is 6.58 Å². The van der Waals surface area contributed by atoms with E-state index in [1.54, 1.807) is 20.3 Å². The van der Waals surface area contributed by atoms with Crippen LogP contribution in [0.25, 0.3) is 0 Å². The summed E-state index contributed by atoms with van der Waals surface area (Å²) in [6.07, 6.45) is 6.81.